The first-order valence-corrected chi connectivity index (χ1v) is 28.4. The highest BCUT2D eigenvalue weighted by Gasteiger charge is 2.19. The lowest BCUT2D eigenvalue weighted by Crippen LogP contribution is -2.30. The van der Waals surface area contributed by atoms with Gasteiger partial charge in [-0.15, -0.1) is 0 Å². The molecule has 1 unspecified atom stereocenters. The number of unbranched alkanes of at least 4 members (excludes halogenated alkanes) is 28. The average Bonchev–Trinajstić information content (AvgIpc) is 3.33. The van der Waals surface area contributed by atoms with Crippen LogP contribution < -0.4 is 0 Å². The molecule has 6 nitrogen and oxygen atoms in total. The molecule has 0 saturated carbocycles. The molecule has 0 aliphatic heterocycles. The summed E-state index contributed by atoms with van der Waals surface area (Å²) >= 11 is 0. The van der Waals surface area contributed by atoms with Crippen molar-refractivity contribution in [1.29, 1.82) is 0 Å². The number of carbonyl (C=O) groups excluding carboxylic acids is 3. The Morgan fingerprint density at radius 2 is 0.582 bits per heavy atom. The minimum Gasteiger partial charge on any atom is -0.462 e. The second-order valence-electron chi connectivity index (χ2n) is 18.8. The number of carbonyl (C=O) groups is 3. The van der Waals surface area contributed by atoms with E-state index in [0.717, 1.165) is 109 Å². The Hall–Kier alpha value is -3.15. The molecule has 0 aliphatic carbocycles. The summed E-state index contributed by atoms with van der Waals surface area (Å²) in [5.41, 5.74) is 0. The van der Waals surface area contributed by atoms with Crippen LogP contribution in [0.1, 0.15) is 278 Å². The van der Waals surface area contributed by atoms with Crippen LogP contribution in [-0.4, -0.2) is 37.2 Å². The third-order valence-corrected chi connectivity index (χ3v) is 12.2. The van der Waals surface area contributed by atoms with Crippen LogP contribution in [0.5, 0.6) is 0 Å². The van der Waals surface area contributed by atoms with Crippen molar-refractivity contribution in [3.8, 4) is 0 Å². The lowest BCUT2D eigenvalue weighted by atomic mass is 10.0. The molecule has 0 radical (unpaired) electrons. The van der Waals surface area contributed by atoms with Crippen molar-refractivity contribution < 1.29 is 28.6 Å². The highest BCUT2D eigenvalue weighted by molar-refractivity contribution is 5.71. The number of hydrogen-bond acceptors (Lipinski definition) is 6. The van der Waals surface area contributed by atoms with Crippen molar-refractivity contribution in [2.24, 2.45) is 0 Å². The van der Waals surface area contributed by atoms with Crippen LogP contribution in [0.25, 0.3) is 0 Å². The lowest BCUT2D eigenvalue weighted by molar-refractivity contribution is -0.167. The molecule has 1 atom stereocenters. The Balaban J connectivity index is 4.36. The molecule has 0 saturated heterocycles. The number of allylic oxidation sites excluding steroid dienone is 12. The van der Waals surface area contributed by atoms with E-state index in [9.17, 15) is 14.4 Å². The molecule has 0 heterocycles. The van der Waals surface area contributed by atoms with Crippen molar-refractivity contribution in [2.45, 2.75) is 284 Å². The molecule has 0 spiro atoms. The van der Waals surface area contributed by atoms with E-state index in [-0.39, 0.29) is 31.1 Å². The Morgan fingerprint density at radius 3 is 0.910 bits per heavy atom. The van der Waals surface area contributed by atoms with E-state index in [2.05, 4.69) is 93.7 Å². The molecule has 0 aromatic rings. The van der Waals surface area contributed by atoms with Crippen molar-refractivity contribution >= 4 is 17.9 Å². The predicted molar refractivity (Wildman–Crippen MR) is 288 cm³/mol. The van der Waals surface area contributed by atoms with Crippen LogP contribution >= 0.6 is 0 Å². The molecule has 0 rings (SSSR count). The molecule has 0 aromatic heterocycles. The highest BCUT2D eigenvalue weighted by Crippen LogP contribution is 2.16. The van der Waals surface area contributed by atoms with Crippen LogP contribution in [0.15, 0.2) is 72.9 Å². The molecule has 0 fully saturated rings. The van der Waals surface area contributed by atoms with Gasteiger partial charge in [0.15, 0.2) is 6.10 Å². The number of esters is 3. The first kappa shape index (κ1) is 63.8. The van der Waals surface area contributed by atoms with E-state index in [1.165, 1.54) is 128 Å². The van der Waals surface area contributed by atoms with Crippen LogP contribution in [0.3, 0.4) is 0 Å². The fourth-order valence-electron chi connectivity index (χ4n) is 7.98. The average molecular weight is 936 g/mol. The number of hydrogen-bond donors (Lipinski definition) is 0. The Labute approximate surface area is 414 Å². The SMILES string of the molecule is CC/C=C\C/C=C\C/C=C\C/C=C\C/C=C\C/C=C\CCCCCCC(=O)OCC(COC(=O)CCCCCCCCCCCCC)OC(=O)CCCCCCCCCCCCCCCCC. The Bertz CT molecular complexity index is 1260. The molecule has 0 bridgehead atoms. The third kappa shape index (κ3) is 53.7. The smallest absolute Gasteiger partial charge is 0.306 e. The maximum atomic E-state index is 12.8. The Kier molecular flexibility index (Phi) is 52.8. The molecule has 386 valence electrons. The van der Waals surface area contributed by atoms with Gasteiger partial charge in [0.25, 0.3) is 0 Å². The highest BCUT2D eigenvalue weighted by atomic mass is 16.6. The minimum atomic E-state index is -0.782. The first-order chi connectivity index (χ1) is 33.0. The molecular weight excluding hydrogens is 829 g/mol. The molecule has 6 heteroatoms. The molecular formula is C61H106O6. The molecule has 67 heavy (non-hydrogen) atoms. The fraction of sp³-hybridized carbons (Fsp3) is 0.754. The van der Waals surface area contributed by atoms with Crippen molar-refractivity contribution in [3.05, 3.63) is 72.9 Å². The topological polar surface area (TPSA) is 78.9 Å². The zero-order valence-corrected chi connectivity index (χ0v) is 44.2. The second-order valence-corrected chi connectivity index (χ2v) is 18.8. The van der Waals surface area contributed by atoms with Gasteiger partial charge < -0.3 is 14.2 Å². The summed E-state index contributed by atoms with van der Waals surface area (Å²) in [4.78, 5) is 38.1. The Morgan fingerprint density at radius 1 is 0.313 bits per heavy atom. The monoisotopic (exact) mass is 935 g/mol. The van der Waals surface area contributed by atoms with E-state index >= 15 is 0 Å². The van der Waals surface area contributed by atoms with Crippen LogP contribution in [0.2, 0.25) is 0 Å². The van der Waals surface area contributed by atoms with Gasteiger partial charge in [0.05, 0.1) is 0 Å². The van der Waals surface area contributed by atoms with Gasteiger partial charge in [-0.25, -0.2) is 0 Å². The van der Waals surface area contributed by atoms with Crippen LogP contribution in [0, 0.1) is 0 Å². The molecule has 0 N–H and O–H groups in total. The quantitative estimate of drug-likeness (QED) is 0.0262. The molecule has 0 amide bonds. The van der Waals surface area contributed by atoms with Gasteiger partial charge in [-0.3, -0.25) is 14.4 Å². The first-order valence-electron chi connectivity index (χ1n) is 28.4. The van der Waals surface area contributed by atoms with E-state index in [1.54, 1.807) is 0 Å². The van der Waals surface area contributed by atoms with Crippen molar-refractivity contribution in [1.82, 2.24) is 0 Å². The van der Waals surface area contributed by atoms with Gasteiger partial charge in [0.1, 0.15) is 13.2 Å². The summed E-state index contributed by atoms with van der Waals surface area (Å²) < 4.78 is 16.8. The second kappa shape index (κ2) is 55.4. The van der Waals surface area contributed by atoms with Gasteiger partial charge in [-0.2, -0.15) is 0 Å². The van der Waals surface area contributed by atoms with Crippen molar-refractivity contribution in [2.75, 3.05) is 13.2 Å². The van der Waals surface area contributed by atoms with E-state index < -0.39 is 6.10 Å². The lowest BCUT2D eigenvalue weighted by Gasteiger charge is -2.18. The van der Waals surface area contributed by atoms with Gasteiger partial charge in [-0.1, -0.05) is 261 Å². The largest absolute Gasteiger partial charge is 0.462 e. The van der Waals surface area contributed by atoms with Gasteiger partial charge in [0.2, 0.25) is 0 Å². The summed E-state index contributed by atoms with van der Waals surface area (Å²) in [6.07, 6.45) is 70.3. The van der Waals surface area contributed by atoms with Crippen LogP contribution in [0.4, 0.5) is 0 Å². The maximum Gasteiger partial charge on any atom is 0.306 e. The number of ether oxygens (including phenoxy) is 3. The van der Waals surface area contributed by atoms with E-state index in [1.807, 2.05) is 0 Å². The normalized spacial score (nSPS) is 12.6. The standard InChI is InChI=1S/C61H106O6/c1-4-7-10-13-16-19-22-24-26-27-28-29-30-31-32-33-35-36-39-42-45-48-51-54-60(63)66-57-58(56-65-59(62)53-50-47-44-41-38-21-18-15-12-9-6-3)67-61(64)55-52-49-46-43-40-37-34-25-23-20-17-14-11-8-5-2/h7,10,16,19,24,26,28-29,31-32,35-36,58H,4-6,8-9,11-15,17-18,20-23,25,27,30,33-34,37-57H2,1-3H3/b10-7-,19-16-,26-24-,29-28-,32-31-,36-35-. The maximum absolute atomic E-state index is 12.8. The summed E-state index contributed by atoms with van der Waals surface area (Å²) in [6, 6.07) is 0. The third-order valence-electron chi connectivity index (χ3n) is 12.2. The zero-order valence-electron chi connectivity index (χ0n) is 44.2. The fourth-order valence-corrected chi connectivity index (χ4v) is 7.98. The molecule has 0 aliphatic rings. The number of rotatable bonds is 51. The van der Waals surface area contributed by atoms with Crippen LogP contribution in [-0.2, 0) is 28.6 Å². The van der Waals surface area contributed by atoms with E-state index in [4.69, 9.17) is 14.2 Å². The van der Waals surface area contributed by atoms with Crippen molar-refractivity contribution in [3.63, 3.8) is 0 Å². The summed E-state index contributed by atoms with van der Waals surface area (Å²) in [5, 5.41) is 0. The predicted octanol–water partition coefficient (Wildman–Crippen LogP) is 19.0. The summed E-state index contributed by atoms with van der Waals surface area (Å²) in [6.45, 7) is 6.52. The summed E-state index contributed by atoms with van der Waals surface area (Å²) in [7, 11) is 0. The minimum absolute atomic E-state index is 0.0800. The van der Waals surface area contributed by atoms with Gasteiger partial charge in [-0.05, 0) is 70.6 Å². The summed E-state index contributed by atoms with van der Waals surface area (Å²) in [5.74, 6) is -0.897. The van der Waals surface area contributed by atoms with Gasteiger partial charge >= 0.3 is 17.9 Å². The van der Waals surface area contributed by atoms with E-state index in [0.29, 0.717) is 19.3 Å². The van der Waals surface area contributed by atoms with Gasteiger partial charge in [0, 0.05) is 19.3 Å². The zero-order chi connectivity index (χ0) is 48.6. The molecule has 0 aromatic carbocycles.